The maximum atomic E-state index is 12.8. The Bertz CT molecular complexity index is 976. The molecule has 0 atom stereocenters. The number of ether oxygens (including phenoxy) is 1. The van der Waals surface area contributed by atoms with Crippen molar-refractivity contribution < 1.29 is 9.53 Å². The Hall–Kier alpha value is -3.14. The van der Waals surface area contributed by atoms with Crippen molar-refractivity contribution in [2.45, 2.75) is 19.8 Å². The normalized spacial score (nSPS) is 10.8. The topological polar surface area (TPSA) is 51.2 Å². The van der Waals surface area contributed by atoms with Gasteiger partial charge in [0.2, 0.25) is 0 Å². The largest absolute Gasteiger partial charge is 0.497 e. The zero-order chi connectivity index (χ0) is 19.4. The van der Waals surface area contributed by atoms with Crippen molar-refractivity contribution in [2.24, 2.45) is 0 Å². The summed E-state index contributed by atoms with van der Waals surface area (Å²) in [5, 5.41) is 3.74. The van der Waals surface area contributed by atoms with Gasteiger partial charge in [-0.05, 0) is 53.9 Å². The van der Waals surface area contributed by atoms with E-state index in [1.54, 1.807) is 13.2 Å². The van der Waals surface area contributed by atoms with Crippen molar-refractivity contribution in [2.75, 3.05) is 13.7 Å². The van der Waals surface area contributed by atoms with Crippen molar-refractivity contribution in [1.29, 1.82) is 0 Å². The van der Waals surface area contributed by atoms with Gasteiger partial charge in [-0.1, -0.05) is 26.0 Å². The smallest absolute Gasteiger partial charge is 0.252 e. The van der Waals surface area contributed by atoms with Gasteiger partial charge in [0.1, 0.15) is 5.75 Å². The third kappa shape index (κ3) is 4.00. The number of hydrogen-bond acceptors (Lipinski definition) is 3. The molecule has 1 amide bonds. The Kier molecular flexibility index (Phi) is 5.55. The first kappa shape index (κ1) is 18.6. The van der Waals surface area contributed by atoms with E-state index in [9.17, 15) is 4.79 Å². The summed E-state index contributed by atoms with van der Waals surface area (Å²) >= 11 is 0. The van der Waals surface area contributed by atoms with Gasteiger partial charge in [0.25, 0.3) is 5.91 Å². The number of hydrogen-bond donors (Lipinski definition) is 1. The number of nitrogens with zero attached hydrogens (tertiary/aromatic N) is 1. The van der Waals surface area contributed by atoms with E-state index in [-0.39, 0.29) is 5.91 Å². The van der Waals surface area contributed by atoms with Gasteiger partial charge in [-0.25, -0.2) is 4.98 Å². The van der Waals surface area contributed by atoms with Crippen LogP contribution in [0.1, 0.15) is 35.7 Å². The summed E-state index contributed by atoms with van der Waals surface area (Å²) < 4.78 is 5.22. The molecule has 0 aliphatic carbocycles. The summed E-state index contributed by atoms with van der Waals surface area (Å²) in [6.07, 6.45) is 1.67. The van der Waals surface area contributed by atoms with Crippen molar-refractivity contribution >= 4 is 16.8 Å². The minimum atomic E-state index is -0.127. The molecule has 1 N–H and O–H groups in total. The van der Waals surface area contributed by atoms with E-state index < -0.39 is 0 Å². The van der Waals surface area contributed by atoms with Gasteiger partial charge in [0.05, 0.1) is 23.9 Å². The van der Waals surface area contributed by atoms with E-state index in [0.717, 1.165) is 27.9 Å². The molecule has 0 aliphatic heterocycles. The van der Waals surface area contributed by atoms with Crippen molar-refractivity contribution in [3.8, 4) is 17.0 Å². The van der Waals surface area contributed by atoms with Crippen LogP contribution in [0, 0.1) is 0 Å². The number of rotatable bonds is 6. The molecule has 2 aromatic carbocycles. The average Bonchev–Trinajstić information content (AvgIpc) is 2.70. The first-order chi connectivity index (χ1) is 13.0. The average molecular weight is 360 g/mol. The fourth-order valence-electron chi connectivity index (χ4n) is 2.96. The number of nitrogens with one attached hydrogen (secondary N) is 1. The van der Waals surface area contributed by atoms with Gasteiger partial charge in [0, 0.05) is 17.5 Å². The standard InChI is InChI=1S/C23H24N2O2/c1-5-12-24-23(26)20-14-22(16-6-9-18(27-4)10-7-16)25-21-11-8-17(15(2)3)13-19(20)21/h5-11,13-15H,1,12H2,2-4H3,(H,24,26). The van der Waals surface area contributed by atoms with E-state index >= 15 is 0 Å². The second-order valence-electron chi connectivity index (χ2n) is 6.71. The molecule has 0 saturated heterocycles. The lowest BCUT2D eigenvalue weighted by Crippen LogP contribution is -2.23. The molecule has 0 saturated carbocycles. The predicted molar refractivity (Wildman–Crippen MR) is 110 cm³/mol. The van der Waals surface area contributed by atoms with Gasteiger partial charge >= 0.3 is 0 Å². The summed E-state index contributed by atoms with van der Waals surface area (Å²) in [5.41, 5.74) is 4.29. The molecule has 0 unspecified atom stereocenters. The van der Waals surface area contributed by atoms with Gasteiger partial charge in [-0.3, -0.25) is 4.79 Å². The highest BCUT2D eigenvalue weighted by Crippen LogP contribution is 2.28. The second kappa shape index (κ2) is 8.04. The highest BCUT2D eigenvalue weighted by molar-refractivity contribution is 6.07. The maximum Gasteiger partial charge on any atom is 0.252 e. The number of carbonyl (C=O) groups excluding carboxylic acids is 1. The van der Waals surface area contributed by atoms with Crippen LogP contribution in [0.3, 0.4) is 0 Å². The van der Waals surface area contributed by atoms with Crippen LogP contribution in [0.15, 0.2) is 61.2 Å². The van der Waals surface area contributed by atoms with Crippen LogP contribution in [-0.2, 0) is 0 Å². The fourth-order valence-corrected chi connectivity index (χ4v) is 2.96. The first-order valence-electron chi connectivity index (χ1n) is 9.01. The summed E-state index contributed by atoms with van der Waals surface area (Å²) in [6, 6.07) is 15.6. The van der Waals surface area contributed by atoms with Crippen LogP contribution in [0.4, 0.5) is 0 Å². The van der Waals surface area contributed by atoms with Crippen molar-refractivity contribution in [3.05, 3.63) is 72.3 Å². The number of benzene rings is 2. The zero-order valence-corrected chi connectivity index (χ0v) is 16.0. The Morgan fingerprint density at radius 1 is 1.19 bits per heavy atom. The van der Waals surface area contributed by atoms with Crippen LogP contribution in [0.5, 0.6) is 5.75 Å². The molecule has 0 spiro atoms. The van der Waals surface area contributed by atoms with Gasteiger partial charge in [-0.2, -0.15) is 0 Å². The van der Waals surface area contributed by atoms with Crippen LogP contribution in [0.2, 0.25) is 0 Å². The summed E-state index contributed by atoms with van der Waals surface area (Å²) in [5.74, 6) is 1.03. The minimum Gasteiger partial charge on any atom is -0.497 e. The molecule has 0 fully saturated rings. The molecule has 138 valence electrons. The summed E-state index contributed by atoms with van der Waals surface area (Å²) in [7, 11) is 1.64. The zero-order valence-electron chi connectivity index (χ0n) is 16.0. The Morgan fingerprint density at radius 3 is 2.56 bits per heavy atom. The SMILES string of the molecule is C=CCNC(=O)c1cc(-c2ccc(OC)cc2)nc2ccc(C(C)C)cc12. The van der Waals surface area contributed by atoms with Crippen LogP contribution < -0.4 is 10.1 Å². The van der Waals surface area contributed by atoms with E-state index in [1.165, 1.54) is 5.56 Å². The lowest BCUT2D eigenvalue weighted by atomic mass is 9.97. The van der Waals surface area contributed by atoms with Gasteiger partial charge in [-0.15, -0.1) is 6.58 Å². The Morgan fingerprint density at radius 2 is 1.93 bits per heavy atom. The van der Waals surface area contributed by atoms with Crippen molar-refractivity contribution in [1.82, 2.24) is 10.3 Å². The Balaban J connectivity index is 2.16. The molecule has 3 aromatic rings. The second-order valence-corrected chi connectivity index (χ2v) is 6.71. The number of aromatic nitrogens is 1. The number of methoxy groups -OCH3 is 1. The van der Waals surface area contributed by atoms with Gasteiger partial charge < -0.3 is 10.1 Å². The van der Waals surface area contributed by atoms with E-state index in [0.29, 0.717) is 18.0 Å². The minimum absolute atomic E-state index is 0.127. The number of amides is 1. The number of fused-ring (bicyclic) bond motifs is 1. The van der Waals surface area contributed by atoms with Crippen LogP contribution in [-0.4, -0.2) is 24.5 Å². The molecule has 4 nitrogen and oxygen atoms in total. The molecule has 3 rings (SSSR count). The van der Waals surface area contributed by atoms with Crippen LogP contribution >= 0.6 is 0 Å². The summed E-state index contributed by atoms with van der Waals surface area (Å²) in [4.78, 5) is 17.6. The lowest BCUT2D eigenvalue weighted by Gasteiger charge is -2.13. The maximum absolute atomic E-state index is 12.8. The molecule has 4 heteroatoms. The van der Waals surface area contributed by atoms with Crippen molar-refractivity contribution in [3.63, 3.8) is 0 Å². The molecule has 1 aromatic heterocycles. The van der Waals surface area contributed by atoms with E-state index in [1.807, 2.05) is 36.4 Å². The molecule has 1 heterocycles. The van der Waals surface area contributed by atoms with E-state index in [4.69, 9.17) is 9.72 Å². The molecular weight excluding hydrogens is 336 g/mol. The first-order valence-corrected chi connectivity index (χ1v) is 9.01. The highest BCUT2D eigenvalue weighted by atomic mass is 16.5. The number of carbonyl (C=O) groups is 1. The van der Waals surface area contributed by atoms with Crippen LogP contribution in [0.25, 0.3) is 22.2 Å². The van der Waals surface area contributed by atoms with E-state index in [2.05, 4.69) is 37.9 Å². The van der Waals surface area contributed by atoms with Gasteiger partial charge in [0.15, 0.2) is 0 Å². The monoisotopic (exact) mass is 360 g/mol. The molecule has 0 aliphatic rings. The summed E-state index contributed by atoms with van der Waals surface area (Å²) in [6.45, 7) is 8.36. The third-order valence-corrected chi connectivity index (χ3v) is 4.54. The highest BCUT2D eigenvalue weighted by Gasteiger charge is 2.15. The fraction of sp³-hybridized carbons (Fsp3) is 0.217. The quantitative estimate of drug-likeness (QED) is 0.633. The third-order valence-electron chi connectivity index (χ3n) is 4.54. The molecular formula is C23H24N2O2. The number of pyridine rings is 1. The predicted octanol–water partition coefficient (Wildman–Crippen LogP) is 4.95. The Labute approximate surface area is 159 Å². The molecule has 0 bridgehead atoms. The molecule has 0 radical (unpaired) electrons. The lowest BCUT2D eigenvalue weighted by molar-refractivity contribution is 0.0959. The molecule has 27 heavy (non-hydrogen) atoms.